The Morgan fingerprint density at radius 1 is 0.875 bits per heavy atom. The second-order valence-electron chi connectivity index (χ2n) is 7.36. The minimum absolute atomic E-state index is 0.404. The van der Waals surface area contributed by atoms with E-state index in [9.17, 15) is 4.79 Å². The van der Waals surface area contributed by atoms with Crippen molar-refractivity contribution < 1.29 is 14.4 Å². The molecule has 0 atom stereocenters. The van der Waals surface area contributed by atoms with Crippen LogP contribution in [0.15, 0.2) is 106 Å². The van der Waals surface area contributed by atoms with E-state index in [1.54, 1.807) is 0 Å². The maximum absolute atomic E-state index is 12.6. The van der Waals surface area contributed by atoms with Gasteiger partial charge in [-0.15, -0.1) is 0 Å². The number of oxime groups is 1. The van der Waals surface area contributed by atoms with Crippen molar-refractivity contribution in [2.24, 2.45) is 5.16 Å². The van der Waals surface area contributed by atoms with E-state index in [0.717, 1.165) is 31.9 Å². The zero-order valence-electron chi connectivity index (χ0n) is 17.0. The molecule has 0 unspecified atom stereocenters. The van der Waals surface area contributed by atoms with Crippen LogP contribution in [-0.2, 0) is 16.2 Å². The minimum atomic E-state index is -0.476. The minimum Gasteiger partial charge on any atom is -0.488 e. The number of hydrogen-bond acceptors (Lipinski definition) is 4. The van der Waals surface area contributed by atoms with Gasteiger partial charge in [0.25, 0.3) is 0 Å². The van der Waals surface area contributed by atoms with E-state index < -0.39 is 5.97 Å². The highest BCUT2D eigenvalue weighted by Crippen LogP contribution is 2.32. The van der Waals surface area contributed by atoms with Gasteiger partial charge >= 0.3 is 5.97 Å². The van der Waals surface area contributed by atoms with Crippen LogP contribution in [0, 0.1) is 0 Å². The topological polar surface area (TPSA) is 47.9 Å². The molecule has 5 rings (SSSR count). The molecule has 0 bridgehead atoms. The Hall–Kier alpha value is -3.70. The zero-order valence-corrected chi connectivity index (χ0v) is 18.6. The summed E-state index contributed by atoms with van der Waals surface area (Å²) in [5, 5.41) is 6.07. The lowest BCUT2D eigenvalue weighted by molar-refractivity contribution is -0.136. The average molecular weight is 484 g/mol. The number of carbonyl (C=O) groups is 1. The molecule has 156 valence electrons. The highest BCUT2D eigenvalue weighted by molar-refractivity contribution is 9.10. The first kappa shape index (κ1) is 20.2. The molecule has 1 heterocycles. The lowest BCUT2D eigenvalue weighted by Gasteiger charge is -2.13. The highest BCUT2D eigenvalue weighted by atomic mass is 79.9. The summed E-state index contributed by atoms with van der Waals surface area (Å²) in [4.78, 5) is 17.6. The Bertz CT molecular complexity index is 1360. The molecule has 0 saturated carbocycles. The second-order valence-corrected chi connectivity index (χ2v) is 8.27. The molecule has 1 aliphatic rings. The molecule has 0 fully saturated rings. The van der Waals surface area contributed by atoms with Gasteiger partial charge in [-0.05, 0) is 40.6 Å². The van der Waals surface area contributed by atoms with Crippen molar-refractivity contribution in [1.82, 2.24) is 0 Å². The van der Waals surface area contributed by atoms with Crippen LogP contribution in [0.5, 0.6) is 5.75 Å². The van der Waals surface area contributed by atoms with E-state index in [1.165, 1.54) is 0 Å². The van der Waals surface area contributed by atoms with Crippen LogP contribution >= 0.6 is 15.9 Å². The van der Waals surface area contributed by atoms with Crippen LogP contribution in [0.3, 0.4) is 0 Å². The van der Waals surface area contributed by atoms with E-state index in [1.807, 2.05) is 97.1 Å². The number of benzene rings is 4. The third kappa shape index (κ3) is 4.07. The van der Waals surface area contributed by atoms with Gasteiger partial charge in [0, 0.05) is 15.6 Å². The van der Waals surface area contributed by atoms with Gasteiger partial charge in [0.05, 0.1) is 5.57 Å². The molecular weight excluding hydrogens is 466 g/mol. The molecule has 0 saturated heterocycles. The van der Waals surface area contributed by atoms with Gasteiger partial charge in [-0.3, -0.25) is 0 Å². The second kappa shape index (κ2) is 8.81. The Labute approximate surface area is 193 Å². The van der Waals surface area contributed by atoms with Gasteiger partial charge in [-0.1, -0.05) is 93.9 Å². The molecule has 4 nitrogen and oxygen atoms in total. The fourth-order valence-corrected chi connectivity index (χ4v) is 3.91. The molecule has 0 N–H and O–H groups in total. The summed E-state index contributed by atoms with van der Waals surface area (Å²) >= 11 is 3.46. The number of ether oxygens (including phenoxy) is 1. The van der Waals surface area contributed by atoms with E-state index in [-0.39, 0.29) is 0 Å². The molecule has 5 heteroatoms. The highest BCUT2D eigenvalue weighted by Gasteiger charge is 2.27. The molecule has 0 radical (unpaired) electrons. The fourth-order valence-electron chi connectivity index (χ4n) is 3.65. The maximum Gasteiger partial charge on any atom is 0.368 e. The first-order valence-electron chi connectivity index (χ1n) is 10.1. The first-order chi connectivity index (χ1) is 15.7. The lowest BCUT2D eigenvalue weighted by Crippen LogP contribution is -2.07. The number of hydrogen-bond donors (Lipinski definition) is 0. The number of halogens is 1. The van der Waals surface area contributed by atoms with Crippen molar-refractivity contribution in [2.75, 3.05) is 0 Å². The van der Waals surface area contributed by atoms with Gasteiger partial charge < -0.3 is 9.57 Å². The SMILES string of the molecule is O=C1ON=C(c2ccccc2)/C1=C/c1c(OCc2ccc(Br)cc2)ccc2ccccc12. The van der Waals surface area contributed by atoms with Crippen LogP contribution < -0.4 is 4.74 Å². The van der Waals surface area contributed by atoms with E-state index in [0.29, 0.717) is 23.6 Å². The Morgan fingerprint density at radius 3 is 2.44 bits per heavy atom. The molecule has 4 aromatic carbocycles. The summed E-state index contributed by atoms with van der Waals surface area (Å²) in [5.41, 5.74) is 3.61. The van der Waals surface area contributed by atoms with Crippen molar-refractivity contribution in [3.63, 3.8) is 0 Å². The number of nitrogens with zero attached hydrogens (tertiary/aromatic N) is 1. The third-order valence-electron chi connectivity index (χ3n) is 5.27. The van der Waals surface area contributed by atoms with Crippen LogP contribution in [0.4, 0.5) is 0 Å². The van der Waals surface area contributed by atoms with E-state index in [2.05, 4.69) is 21.1 Å². The standard InChI is InChI=1S/C27H18BrNO3/c28-21-13-10-18(11-14-21)17-31-25-15-12-19-6-4-5-9-22(19)23(25)16-24-26(29-32-27(24)30)20-7-2-1-3-8-20/h1-16H,17H2/b24-16-. The summed E-state index contributed by atoms with van der Waals surface area (Å²) in [6.07, 6.45) is 1.82. The third-order valence-corrected chi connectivity index (χ3v) is 5.80. The molecule has 1 aliphatic heterocycles. The zero-order chi connectivity index (χ0) is 21.9. The Kier molecular flexibility index (Phi) is 5.57. The Balaban J connectivity index is 1.58. The molecule has 32 heavy (non-hydrogen) atoms. The number of carbonyl (C=O) groups excluding carboxylic acids is 1. The first-order valence-corrected chi connectivity index (χ1v) is 10.9. The monoisotopic (exact) mass is 483 g/mol. The van der Waals surface area contributed by atoms with Gasteiger partial charge in [0.1, 0.15) is 18.1 Å². The predicted octanol–water partition coefficient (Wildman–Crippen LogP) is 6.53. The average Bonchev–Trinajstić information content (AvgIpc) is 3.20. The summed E-state index contributed by atoms with van der Waals surface area (Å²) in [5.74, 6) is 0.210. The molecule has 0 amide bonds. The van der Waals surface area contributed by atoms with Gasteiger partial charge in [-0.25, -0.2) is 4.79 Å². The quantitative estimate of drug-likeness (QED) is 0.239. The van der Waals surface area contributed by atoms with Gasteiger partial charge in [-0.2, -0.15) is 0 Å². The fraction of sp³-hybridized carbons (Fsp3) is 0.0370. The predicted molar refractivity (Wildman–Crippen MR) is 129 cm³/mol. The molecule has 0 spiro atoms. The molecular formula is C27H18BrNO3. The van der Waals surface area contributed by atoms with E-state index in [4.69, 9.17) is 9.57 Å². The van der Waals surface area contributed by atoms with Gasteiger partial charge in [0.15, 0.2) is 0 Å². The summed E-state index contributed by atoms with van der Waals surface area (Å²) in [6, 6.07) is 29.5. The van der Waals surface area contributed by atoms with Crippen molar-refractivity contribution in [3.05, 3.63) is 118 Å². The number of fused-ring (bicyclic) bond motifs is 1. The van der Waals surface area contributed by atoms with Crippen LogP contribution in [0.2, 0.25) is 0 Å². The lowest BCUT2D eigenvalue weighted by atomic mass is 9.97. The Morgan fingerprint density at radius 2 is 1.62 bits per heavy atom. The normalized spacial score (nSPS) is 14.5. The van der Waals surface area contributed by atoms with Crippen LogP contribution in [0.25, 0.3) is 16.8 Å². The van der Waals surface area contributed by atoms with Crippen LogP contribution in [-0.4, -0.2) is 11.7 Å². The van der Waals surface area contributed by atoms with Crippen molar-refractivity contribution >= 4 is 44.5 Å². The largest absolute Gasteiger partial charge is 0.488 e. The molecule has 0 aromatic heterocycles. The molecule has 4 aromatic rings. The van der Waals surface area contributed by atoms with Crippen molar-refractivity contribution in [3.8, 4) is 5.75 Å². The number of rotatable bonds is 5. The van der Waals surface area contributed by atoms with Crippen LogP contribution in [0.1, 0.15) is 16.7 Å². The van der Waals surface area contributed by atoms with Crippen molar-refractivity contribution in [2.45, 2.75) is 6.61 Å². The summed E-state index contributed by atoms with van der Waals surface area (Å²) in [6.45, 7) is 0.409. The van der Waals surface area contributed by atoms with Gasteiger partial charge in [0.2, 0.25) is 0 Å². The maximum atomic E-state index is 12.6. The smallest absolute Gasteiger partial charge is 0.368 e. The molecule has 0 aliphatic carbocycles. The van der Waals surface area contributed by atoms with Crippen molar-refractivity contribution in [1.29, 1.82) is 0 Å². The van der Waals surface area contributed by atoms with E-state index >= 15 is 0 Å². The summed E-state index contributed by atoms with van der Waals surface area (Å²) < 4.78 is 7.22. The summed E-state index contributed by atoms with van der Waals surface area (Å²) in [7, 11) is 0.